The second-order valence-corrected chi connectivity index (χ2v) is 5.66. The number of nitrogens with two attached hydrogens (primary N) is 1. The van der Waals surface area contributed by atoms with Gasteiger partial charge >= 0.3 is 0 Å². The van der Waals surface area contributed by atoms with E-state index in [1.54, 1.807) is 30.5 Å². The smallest absolute Gasteiger partial charge is 0.234 e. The van der Waals surface area contributed by atoms with Crippen LogP contribution in [-0.4, -0.2) is 16.6 Å². The average Bonchev–Trinajstić information content (AvgIpc) is 2.42. The number of carbonyl (C=O) groups is 1. The Kier molecular flexibility index (Phi) is 4.87. The third-order valence-electron chi connectivity index (χ3n) is 2.58. The molecule has 0 aliphatic heterocycles. The van der Waals surface area contributed by atoms with Crippen molar-refractivity contribution in [3.63, 3.8) is 0 Å². The van der Waals surface area contributed by atoms with Crippen molar-refractivity contribution in [2.24, 2.45) is 0 Å². The summed E-state index contributed by atoms with van der Waals surface area (Å²) >= 11 is 7.26. The van der Waals surface area contributed by atoms with E-state index in [-0.39, 0.29) is 11.7 Å². The molecule has 0 aliphatic carbocycles. The highest BCUT2D eigenvalue weighted by atomic mass is 35.5. The molecule has 0 radical (unpaired) electrons. The van der Waals surface area contributed by atoms with Gasteiger partial charge in [-0.1, -0.05) is 29.4 Å². The maximum atomic E-state index is 11.9. The van der Waals surface area contributed by atoms with Crippen LogP contribution in [0.4, 0.5) is 11.4 Å². The van der Waals surface area contributed by atoms with Gasteiger partial charge in [0.2, 0.25) is 5.91 Å². The van der Waals surface area contributed by atoms with Gasteiger partial charge in [0, 0.05) is 10.7 Å². The van der Waals surface area contributed by atoms with Gasteiger partial charge in [0.15, 0.2) is 0 Å². The Bertz CT molecular complexity index is 616. The molecule has 104 valence electrons. The van der Waals surface area contributed by atoms with Crippen LogP contribution in [0, 0.1) is 6.92 Å². The van der Waals surface area contributed by atoms with Gasteiger partial charge < -0.3 is 11.1 Å². The Balaban J connectivity index is 1.92. The average molecular weight is 308 g/mol. The fraction of sp³-hybridized carbons (Fsp3) is 0.143. The van der Waals surface area contributed by atoms with Gasteiger partial charge in [-0.2, -0.15) is 0 Å². The predicted molar refractivity (Wildman–Crippen MR) is 84.2 cm³/mol. The quantitative estimate of drug-likeness (QED) is 0.850. The first-order chi connectivity index (χ1) is 9.54. The number of anilines is 2. The van der Waals surface area contributed by atoms with E-state index < -0.39 is 0 Å². The standard InChI is InChI=1S/C14H14ClN3OS/c1-9-2-3-10(15)6-12(9)18-13(19)8-20-14-5-4-11(16)7-17-14/h2-7H,8,16H2,1H3,(H,18,19). The highest BCUT2D eigenvalue weighted by molar-refractivity contribution is 7.99. The lowest BCUT2D eigenvalue weighted by molar-refractivity contribution is -0.113. The number of benzene rings is 1. The summed E-state index contributed by atoms with van der Waals surface area (Å²) < 4.78 is 0. The number of aryl methyl sites for hydroxylation is 1. The Hall–Kier alpha value is -1.72. The summed E-state index contributed by atoms with van der Waals surface area (Å²) in [5.74, 6) is 0.182. The molecular formula is C14H14ClN3OS. The number of nitrogens with zero attached hydrogens (tertiary/aromatic N) is 1. The first-order valence-corrected chi connectivity index (χ1v) is 7.31. The molecule has 1 aromatic heterocycles. The lowest BCUT2D eigenvalue weighted by Crippen LogP contribution is -2.14. The first kappa shape index (κ1) is 14.7. The third kappa shape index (κ3) is 4.15. The van der Waals surface area contributed by atoms with Crippen molar-refractivity contribution in [3.8, 4) is 0 Å². The summed E-state index contributed by atoms with van der Waals surface area (Å²) in [5.41, 5.74) is 7.86. The number of pyridine rings is 1. The normalized spacial score (nSPS) is 10.3. The van der Waals surface area contributed by atoms with Crippen LogP contribution in [0.25, 0.3) is 0 Å². The number of nitrogens with one attached hydrogen (secondary N) is 1. The maximum Gasteiger partial charge on any atom is 0.234 e. The molecule has 6 heteroatoms. The zero-order chi connectivity index (χ0) is 14.5. The second kappa shape index (κ2) is 6.63. The molecule has 1 heterocycles. The molecule has 20 heavy (non-hydrogen) atoms. The summed E-state index contributed by atoms with van der Waals surface area (Å²) in [6, 6.07) is 8.94. The van der Waals surface area contributed by atoms with Crippen LogP contribution < -0.4 is 11.1 Å². The van der Waals surface area contributed by atoms with Gasteiger partial charge in [-0.3, -0.25) is 4.79 Å². The number of amides is 1. The Morgan fingerprint density at radius 2 is 2.20 bits per heavy atom. The summed E-state index contributed by atoms with van der Waals surface area (Å²) in [6.45, 7) is 1.92. The molecule has 0 saturated heterocycles. The molecule has 0 fully saturated rings. The van der Waals surface area contributed by atoms with Crippen LogP contribution in [0.3, 0.4) is 0 Å². The Morgan fingerprint density at radius 1 is 1.40 bits per heavy atom. The molecule has 0 bridgehead atoms. The van der Waals surface area contributed by atoms with Crippen molar-refractivity contribution < 1.29 is 4.79 Å². The highest BCUT2D eigenvalue weighted by Crippen LogP contribution is 2.21. The zero-order valence-corrected chi connectivity index (χ0v) is 12.5. The van der Waals surface area contributed by atoms with Gasteiger partial charge in [-0.25, -0.2) is 4.98 Å². The summed E-state index contributed by atoms with van der Waals surface area (Å²) in [6.07, 6.45) is 1.57. The van der Waals surface area contributed by atoms with Crippen LogP contribution >= 0.6 is 23.4 Å². The minimum Gasteiger partial charge on any atom is -0.397 e. The number of halogens is 1. The number of hydrogen-bond acceptors (Lipinski definition) is 4. The van der Waals surface area contributed by atoms with Crippen molar-refractivity contribution in [2.75, 3.05) is 16.8 Å². The number of hydrogen-bond donors (Lipinski definition) is 2. The third-order valence-corrected chi connectivity index (χ3v) is 3.76. The van der Waals surface area contributed by atoms with Crippen LogP contribution in [0.1, 0.15) is 5.56 Å². The van der Waals surface area contributed by atoms with Gasteiger partial charge in [0.05, 0.1) is 22.7 Å². The van der Waals surface area contributed by atoms with Crippen molar-refractivity contribution in [2.45, 2.75) is 11.9 Å². The number of rotatable bonds is 4. The number of carbonyl (C=O) groups excluding carboxylic acids is 1. The van der Waals surface area contributed by atoms with E-state index in [4.69, 9.17) is 17.3 Å². The Labute approximate surface area is 126 Å². The van der Waals surface area contributed by atoms with Crippen LogP contribution in [0.2, 0.25) is 5.02 Å². The molecule has 0 spiro atoms. The van der Waals surface area contributed by atoms with E-state index in [2.05, 4.69) is 10.3 Å². The van der Waals surface area contributed by atoms with Gasteiger partial charge in [0.25, 0.3) is 0 Å². The molecule has 0 aliphatic rings. The molecule has 3 N–H and O–H groups in total. The molecule has 0 atom stereocenters. The van der Waals surface area contributed by atoms with E-state index in [0.717, 1.165) is 16.3 Å². The monoisotopic (exact) mass is 307 g/mol. The summed E-state index contributed by atoms with van der Waals surface area (Å²) in [7, 11) is 0. The topological polar surface area (TPSA) is 68.0 Å². The van der Waals surface area contributed by atoms with Crippen molar-refractivity contribution in [3.05, 3.63) is 47.1 Å². The lowest BCUT2D eigenvalue weighted by atomic mass is 10.2. The van der Waals surface area contributed by atoms with E-state index in [1.165, 1.54) is 11.8 Å². The van der Waals surface area contributed by atoms with Crippen LogP contribution in [-0.2, 0) is 4.79 Å². The molecule has 0 saturated carbocycles. The SMILES string of the molecule is Cc1ccc(Cl)cc1NC(=O)CSc1ccc(N)cn1. The largest absolute Gasteiger partial charge is 0.397 e. The van der Waals surface area contributed by atoms with E-state index in [9.17, 15) is 4.79 Å². The molecule has 1 aromatic carbocycles. The van der Waals surface area contributed by atoms with Crippen molar-refractivity contribution >= 4 is 40.6 Å². The van der Waals surface area contributed by atoms with Crippen molar-refractivity contribution in [1.82, 2.24) is 4.98 Å². The molecular weight excluding hydrogens is 294 g/mol. The molecule has 1 amide bonds. The second-order valence-electron chi connectivity index (χ2n) is 4.23. The van der Waals surface area contributed by atoms with Crippen molar-refractivity contribution in [1.29, 1.82) is 0 Å². The molecule has 2 rings (SSSR count). The van der Waals surface area contributed by atoms with Gasteiger partial charge in [-0.05, 0) is 36.8 Å². The van der Waals surface area contributed by atoms with Gasteiger partial charge in [0.1, 0.15) is 0 Å². The summed E-state index contributed by atoms with van der Waals surface area (Å²) in [4.78, 5) is 16.0. The fourth-order valence-corrected chi connectivity index (χ4v) is 2.35. The summed E-state index contributed by atoms with van der Waals surface area (Å²) in [5, 5.41) is 4.19. The minimum atomic E-state index is -0.0982. The highest BCUT2D eigenvalue weighted by Gasteiger charge is 2.07. The fourth-order valence-electron chi connectivity index (χ4n) is 1.53. The molecule has 4 nitrogen and oxygen atoms in total. The zero-order valence-electron chi connectivity index (χ0n) is 10.9. The number of aromatic nitrogens is 1. The Morgan fingerprint density at radius 3 is 2.90 bits per heavy atom. The van der Waals surface area contributed by atoms with Crippen LogP contribution in [0.5, 0.6) is 0 Å². The maximum absolute atomic E-state index is 11.9. The first-order valence-electron chi connectivity index (χ1n) is 5.95. The van der Waals surface area contributed by atoms with E-state index >= 15 is 0 Å². The minimum absolute atomic E-state index is 0.0982. The number of nitrogen functional groups attached to an aromatic ring is 1. The number of thioether (sulfide) groups is 1. The lowest BCUT2D eigenvalue weighted by Gasteiger charge is -2.08. The molecule has 2 aromatic rings. The molecule has 0 unspecified atom stereocenters. The predicted octanol–water partition coefficient (Wildman–Crippen LogP) is 3.36. The van der Waals surface area contributed by atoms with E-state index in [1.807, 2.05) is 13.0 Å². The van der Waals surface area contributed by atoms with Gasteiger partial charge in [-0.15, -0.1) is 0 Å². The van der Waals surface area contributed by atoms with E-state index in [0.29, 0.717) is 10.7 Å². The van der Waals surface area contributed by atoms with Crippen LogP contribution in [0.15, 0.2) is 41.6 Å².